The van der Waals surface area contributed by atoms with Gasteiger partial charge in [-0.15, -0.1) is 0 Å². The molecule has 6 nitrogen and oxygen atoms in total. The molecular formula is C11H14N4O2. The molecule has 90 valence electrons. The lowest BCUT2D eigenvalue weighted by molar-refractivity contribution is 0.202. The molecule has 1 aromatic carbocycles. The van der Waals surface area contributed by atoms with Gasteiger partial charge in [-0.05, 0) is 18.2 Å². The predicted molar refractivity (Wildman–Crippen MR) is 64.8 cm³/mol. The fourth-order valence-electron chi connectivity index (χ4n) is 1.48. The Balaban J connectivity index is 2.09. The molecule has 2 amide bonds. The first-order valence-electron chi connectivity index (χ1n) is 5.27. The summed E-state index contributed by atoms with van der Waals surface area (Å²) in [7, 11) is 1.63. The number of fused-ring (bicyclic) bond motifs is 1. The van der Waals surface area contributed by atoms with Crippen molar-refractivity contribution in [3.63, 3.8) is 0 Å². The van der Waals surface area contributed by atoms with Gasteiger partial charge in [0.15, 0.2) is 0 Å². The van der Waals surface area contributed by atoms with Gasteiger partial charge in [-0.1, -0.05) is 0 Å². The van der Waals surface area contributed by atoms with Crippen LogP contribution < -0.4 is 5.32 Å². The number of aromatic amines is 1. The summed E-state index contributed by atoms with van der Waals surface area (Å²) in [5.41, 5.74) is 2.41. The Morgan fingerprint density at radius 2 is 2.41 bits per heavy atom. The molecule has 0 atom stereocenters. The van der Waals surface area contributed by atoms with Gasteiger partial charge >= 0.3 is 6.03 Å². The number of amides is 2. The average Bonchev–Trinajstić information content (AvgIpc) is 2.76. The number of nitrogens with one attached hydrogen (secondary N) is 2. The number of urea groups is 1. The van der Waals surface area contributed by atoms with Crippen molar-refractivity contribution in [1.82, 2.24) is 14.9 Å². The van der Waals surface area contributed by atoms with Crippen LogP contribution in [0.5, 0.6) is 0 Å². The maximum absolute atomic E-state index is 11.7. The minimum atomic E-state index is -0.252. The van der Waals surface area contributed by atoms with Crippen molar-refractivity contribution in [3.8, 4) is 0 Å². The van der Waals surface area contributed by atoms with Crippen molar-refractivity contribution in [2.24, 2.45) is 0 Å². The zero-order chi connectivity index (χ0) is 12.3. The Hall–Kier alpha value is -2.08. The Labute approximate surface area is 98.3 Å². The van der Waals surface area contributed by atoms with E-state index in [9.17, 15) is 4.79 Å². The number of carbonyl (C=O) groups is 1. The Kier molecular flexibility index (Phi) is 3.24. The van der Waals surface area contributed by atoms with Crippen molar-refractivity contribution in [2.75, 3.05) is 25.5 Å². The molecule has 0 bridgehead atoms. The van der Waals surface area contributed by atoms with E-state index in [1.54, 1.807) is 19.4 Å². The van der Waals surface area contributed by atoms with Crippen molar-refractivity contribution in [1.29, 1.82) is 0 Å². The molecule has 0 saturated carbocycles. The molecular weight excluding hydrogens is 220 g/mol. The van der Waals surface area contributed by atoms with Gasteiger partial charge in [0, 0.05) is 19.3 Å². The molecule has 17 heavy (non-hydrogen) atoms. The number of hydrogen-bond donors (Lipinski definition) is 3. The molecule has 2 rings (SSSR count). The molecule has 0 spiro atoms. The van der Waals surface area contributed by atoms with Gasteiger partial charge < -0.3 is 20.3 Å². The van der Waals surface area contributed by atoms with Crippen LogP contribution in [-0.4, -0.2) is 46.2 Å². The maximum atomic E-state index is 11.7. The number of benzene rings is 1. The topological polar surface area (TPSA) is 81.2 Å². The molecule has 0 radical (unpaired) electrons. The van der Waals surface area contributed by atoms with Crippen LogP contribution in [-0.2, 0) is 0 Å². The zero-order valence-corrected chi connectivity index (χ0v) is 9.47. The SMILES string of the molecule is CN(CCO)C(=O)Nc1ccc2nc[nH]c2c1. The lowest BCUT2D eigenvalue weighted by atomic mass is 10.3. The molecule has 0 aliphatic rings. The fourth-order valence-corrected chi connectivity index (χ4v) is 1.48. The third kappa shape index (κ3) is 2.54. The van der Waals surface area contributed by atoms with E-state index >= 15 is 0 Å². The minimum absolute atomic E-state index is 0.0521. The van der Waals surface area contributed by atoms with E-state index < -0.39 is 0 Å². The number of imidazole rings is 1. The van der Waals surface area contributed by atoms with E-state index in [0.717, 1.165) is 11.0 Å². The van der Waals surface area contributed by atoms with Crippen LogP contribution in [0.3, 0.4) is 0 Å². The first kappa shape index (κ1) is 11.4. The van der Waals surface area contributed by atoms with Gasteiger partial charge in [0.25, 0.3) is 0 Å². The Morgan fingerprint density at radius 3 is 3.18 bits per heavy atom. The van der Waals surface area contributed by atoms with Gasteiger partial charge in [-0.2, -0.15) is 0 Å². The highest BCUT2D eigenvalue weighted by atomic mass is 16.3. The third-order valence-corrected chi connectivity index (χ3v) is 2.45. The van der Waals surface area contributed by atoms with Crippen LogP contribution >= 0.6 is 0 Å². The number of carbonyl (C=O) groups excluding carboxylic acids is 1. The highest BCUT2D eigenvalue weighted by Crippen LogP contribution is 2.15. The van der Waals surface area contributed by atoms with Crippen LogP contribution in [0.4, 0.5) is 10.5 Å². The molecule has 0 fully saturated rings. The Bertz CT molecular complexity index is 523. The number of aliphatic hydroxyl groups is 1. The lowest BCUT2D eigenvalue weighted by Gasteiger charge is -2.16. The second kappa shape index (κ2) is 4.84. The molecule has 0 aliphatic carbocycles. The van der Waals surface area contributed by atoms with E-state index in [2.05, 4.69) is 15.3 Å². The van der Waals surface area contributed by atoms with Crippen molar-refractivity contribution in [2.45, 2.75) is 0 Å². The van der Waals surface area contributed by atoms with E-state index in [0.29, 0.717) is 12.2 Å². The highest BCUT2D eigenvalue weighted by molar-refractivity contribution is 5.91. The summed E-state index contributed by atoms with van der Waals surface area (Å²) in [6.45, 7) is 0.252. The van der Waals surface area contributed by atoms with Crippen LogP contribution in [0.2, 0.25) is 0 Å². The number of aromatic nitrogens is 2. The van der Waals surface area contributed by atoms with Crippen molar-refractivity contribution >= 4 is 22.8 Å². The lowest BCUT2D eigenvalue weighted by Crippen LogP contribution is -2.33. The fraction of sp³-hybridized carbons (Fsp3) is 0.273. The van der Waals surface area contributed by atoms with E-state index in [1.165, 1.54) is 4.90 Å². The summed E-state index contributed by atoms with van der Waals surface area (Å²) in [6, 6.07) is 5.17. The van der Waals surface area contributed by atoms with Crippen molar-refractivity contribution < 1.29 is 9.90 Å². The van der Waals surface area contributed by atoms with Gasteiger partial charge in [-0.3, -0.25) is 0 Å². The summed E-state index contributed by atoms with van der Waals surface area (Å²) in [4.78, 5) is 20.1. The summed E-state index contributed by atoms with van der Waals surface area (Å²) >= 11 is 0. The maximum Gasteiger partial charge on any atom is 0.321 e. The average molecular weight is 234 g/mol. The number of hydrogen-bond acceptors (Lipinski definition) is 3. The molecule has 1 aromatic heterocycles. The largest absolute Gasteiger partial charge is 0.395 e. The van der Waals surface area contributed by atoms with Crippen LogP contribution in [0.15, 0.2) is 24.5 Å². The molecule has 6 heteroatoms. The summed E-state index contributed by atoms with van der Waals surface area (Å²) in [5.74, 6) is 0. The monoisotopic (exact) mass is 234 g/mol. The quantitative estimate of drug-likeness (QED) is 0.741. The standard InChI is InChI=1S/C11H14N4O2/c1-15(4-5-16)11(17)14-8-2-3-9-10(6-8)13-7-12-9/h2-3,6-7,16H,4-5H2,1H3,(H,12,13)(H,14,17). The predicted octanol–water partition coefficient (Wildman–Crippen LogP) is 1.02. The van der Waals surface area contributed by atoms with Gasteiger partial charge in [0.2, 0.25) is 0 Å². The molecule has 2 aromatic rings. The Morgan fingerprint density at radius 1 is 1.59 bits per heavy atom. The molecule has 0 saturated heterocycles. The molecule has 0 aliphatic heterocycles. The van der Waals surface area contributed by atoms with Gasteiger partial charge in [0.1, 0.15) is 0 Å². The number of H-pyrrole nitrogens is 1. The summed E-state index contributed by atoms with van der Waals surface area (Å²) < 4.78 is 0. The zero-order valence-electron chi connectivity index (χ0n) is 9.47. The van der Waals surface area contributed by atoms with E-state index in [4.69, 9.17) is 5.11 Å². The smallest absolute Gasteiger partial charge is 0.321 e. The number of likely N-dealkylation sites (N-methyl/N-ethyl adjacent to an activating group) is 1. The second-order valence-corrected chi connectivity index (χ2v) is 3.71. The highest BCUT2D eigenvalue weighted by Gasteiger charge is 2.08. The number of anilines is 1. The first-order valence-corrected chi connectivity index (χ1v) is 5.27. The summed E-state index contributed by atoms with van der Waals surface area (Å²) in [5, 5.41) is 11.5. The second-order valence-electron chi connectivity index (χ2n) is 3.71. The molecule has 1 heterocycles. The third-order valence-electron chi connectivity index (χ3n) is 2.45. The molecule has 3 N–H and O–H groups in total. The number of rotatable bonds is 3. The first-order chi connectivity index (χ1) is 8.20. The van der Waals surface area contributed by atoms with Crippen LogP contribution in [0, 0.1) is 0 Å². The minimum Gasteiger partial charge on any atom is -0.395 e. The van der Waals surface area contributed by atoms with Crippen LogP contribution in [0.25, 0.3) is 11.0 Å². The van der Waals surface area contributed by atoms with Gasteiger partial charge in [0.05, 0.1) is 24.0 Å². The van der Waals surface area contributed by atoms with Gasteiger partial charge in [-0.25, -0.2) is 9.78 Å². The number of nitrogens with zero attached hydrogens (tertiary/aromatic N) is 2. The van der Waals surface area contributed by atoms with E-state index in [1.807, 2.05) is 12.1 Å². The van der Waals surface area contributed by atoms with E-state index in [-0.39, 0.29) is 12.6 Å². The normalized spacial score (nSPS) is 10.5. The van der Waals surface area contributed by atoms with Crippen LogP contribution in [0.1, 0.15) is 0 Å². The van der Waals surface area contributed by atoms with Crippen molar-refractivity contribution in [3.05, 3.63) is 24.5 Å². The summed E-state index contributed by atoms with van der Waals surface area (Å²) in [6.07, 6.45) is 1.61. The number of aliphatic hydroxyl groups excluding tert-OH is 1. The molecule has 0 unspecified atom stereocenters.